The van der Waals surface area contributed by atoms with E-state index in [1.807, 2.05) is 42.5 Å². The second kappa shape index (κ2) is 10.4. The first-order valence-electron chi connectivity index (χ1n) is 15.3. The molecule has 8 aromatic rings. The summed E-state index contributed by atoms with van der Waals surface area (Å²) in [4.78, 5) is 15.1. The molecule has 1 aliphatic carbocycles. The van der Waals surface area contributed by atoms with Crippen LogP contribution in [-0.2, 0) is 6.42 Å². The minimum atomic E-state index is 0.655. The maximum absolute atomic E-state index is 6.23. The van der Waals surface area contributed by atoms with Gasteiger partial charge < -0.3 is 4.42 Å². The van der Waals surface area contributed by atoms with Gasteiger partial charge in [0.1, 0.15) is 11.2 Å². The lowest BCUT2D eigenvalue weighted by atomic mass is 9.94. The molecule has 0 aliphatic heterocycles. The van der Waals surface area contributed by atoms with E-state index >= 15 is 0 Å². The van der Waals surface area contributed by atoms with Crippen molar-refractivity contribution in [3.63, 3.8) is 0 Å². The third-order valence-electron chi connectivity index (χ3n) is 8.80. The van der Waals surface area contributed by atoms with Gasteiger partial charge in [-0.3, -0.25) is 0 Å². The van der Waals surface area contributed by atoms with Crippen molar-refractivity contribution in [3.8, 4) is 45.3 Å². The number of hydrogen-bond donors (Lipinski definition) is 0. The minimum absolute atomic E-state index is 0.655. The lowest BCUT2D eigenvalue weighted by molar-refractivity contribution is 0.669. The Morgan fingerprint density at radius 2 is 1.16 bits per heavy atom. The second-order valence-corrected chi connectivity index (χ2v) is 11.5. The van der Waals surface area contributed by atoms with Crippen LogP contribution in [0, 0.1) is 0 Å². The van der Waals surface area contributed by atoms with Crippen LogP contribution in [0.15, 0.2) is 138 Å². The van der Waals surface area contributed by atoms with Crippen molar-refractivity contribution in [2.75, 3.05) is 0 Å². The van der Waals surface area contributed by atoms with Crippen LogP contribution in [0.3, 0.4) is 0 Å². The molecule has 0 spiro atoms. The van der Waals surface area contributed by atoms with Crippen LogP contribution in [0.2, 0.25) is 0 Å². The van der Waals surface area contributed by atoms with Gasteiger partial charge in [-0.2, -0.15) is 0 Å². The summed E-state index contributed by atoms with van der Waals surface area (Å²) in [6, 6.07) is 44.2. The zero-order chi connectivity index (χ0) is 29.7. The van der Waals surface area contributed by atoms with Crippen molar-refractivity contribution in [1.82, 2.24) is 15.0 Å². The van der Waals surface area contributed by atoms with Gasteiger partial charge in [0.25, 0.3) is 0 Å². The second-order valence-electron chi connectivity index (χ2n) is 11.5. The van der Waals surface area contributed by atoms with E-state index in [4.69, 9.17) is 19.4 Å². The van der Waals surface area contributed by atoms with Gasteiger partial charge in [0.05, 0.1) is 0 Å². The number of fused-ring (bicyclic) bond motifs is 5. The maximum atomic E-state index is 6.23. The Balaban J connectivity index is 1.22. The molecule has 4 heteroatoms. The molecule has 0 saturated heterocycles. The molecule has 0 atom stereocenters. The van der Waals surface area contributed by atoms with E-state index in [1.165, 1.54) is 11.1 Å². The van der Waals surface area contributed by atoms with Crippen molar-refractivity contribution < 1.29 is 4.42 Å². The molecular weight excluding hydrogens is 550 g/mol. The number of aryl methyl sites for hydroxylation is 1. The van der Waals surface area contributed by atoms with Crippen molar-refractivity contribution in [2.24, 2.45) is 0 Å². The molecule has 0 N–H and O–H groups in total. The highest BCUT2D eigenvalue weighted by molar-refractivity contribution is 6.08. The lowest BCUT2D eigenvalue weighted by Crippen LogP contribution is -2.01. The van der Waals surface area contributed by atoms with E-state index in [9.17, 15) is 0 Å². The van der Waals surface area contributed by atoms with Gasteiger partial charge in [-0.25, -0.2) is 15.0 Å². The van der Waals surface area contributed by atoms with Gasteiger partial charge >= 0.3 is 0 Å². The fraction of sp³-hybridized carbons (Fsp3) is 0.0488. The van der Waals surface area contributed by atoms with Gasteiger partial charge in [-0.15, -0.1) is 0 Å². The summed E-state index contributed by atoms with van der Waals surface area (Å²) in [6.45, 7) is 0. The smallest absolute Gasteiger partial charge is 0.164 e. The minimum Gasteiger partial charge on any atom is -0.456 e. The first-order valence-corrected chi connectivity index (χ1v) is 15.3. The zero-order valence-corrected chi connectivity index (χ0v) is 24.4. The lowest BCUT2D eigenvalue weighted by Gasteiger charge is -2.14. The highest BCUT2D eigenvalue weighted by Gasteiger charge is 2.17. The first-order chi connectivity index (χ1) is 22.3. The Labute approximate surface area is 260 Å². The molecule has 9 rings (SSSR count). The van der Waals surface area contributed by atoms with E-state index < -0.39 is 0 Å². The molecule has 0 radical (unpaired) electrons. The highest BCUT2D eigenvalue weighted by atomic mass is 16.3. The Hall–Kier alpha value is -5.87. The van der Waals surface area contributed by atoms with E-state index in [0.717, 1.165) is 73.4 Å². The summed E-state index contributed by atoms with van der Waals surface area (Å²) in [5.74, 6) is 1.99. The molecule has 2 heterocycles. The summed E-state index contributed by atoms with van der Waals surface area (Å²) >= 11 is 0. The Kier molecular flexibility index (Phi) is 5.91. The summed E-state index contributed by atoms with van der Waals surface area (Å²) in [5, 5.41) is 4.48. The number of hydrogen-bond acceptors (Lipinski definition) is 4. The number of para-hydroxylation sites is 1. The molecule has 0 fully saturated rings. The fourth-order valence-electron chi connectivity index (χ4n) is 6.56. The van der Waals surface area contributed by atoms with Crippen molar-refractivity contribution in [1.29, 1.82) is 0 Å². The van der Waals surface area contributed by atoms with Crippen molar-refractivity contribution in [3.05, 3.63) is 145 Å². The Morgan fingerprint density at radius 1 is 0.467 bits per heavy atom. The van der Waals surface area contributed by atoms with Gasteiger partial charge in [0.2, 0.25) is 0 Å². The van der Waals surface area contributed by atoms with Crippen LogP contribution < -0.4 is 0 Å². The quantitative estimate of drug-likeness (QED) is 0.209. The van der Waals surface area contributed by atoms with Crippen LogP contribution in [0.4, 0.5) is 0 Å². The van der Waals surface area contributed by atoms with Crippen molar-refractivity contribution >= 4 is 38.8 Å². The predicted octanol–water partition coefficient (Wildman–Crippen LogP) is 10.6. The SMILES string of the molecule is C1=Cc2cc(-c3nc(-c4ccccc4)nc(-c4cccc5c(-c6ccc7c(c6)oc6ccccc67)cccc45)n3)ccc2CC1. The van der Waals surface area contributed by atoms with E-state index in [-0.39, 0.29) is 0 Å². The molecule has 6 aromatic carbocycles. The summed E-state index contributed by atoms with van der Waals surface area (Å²) in [7, 11) is 0. The molecule has 0 saturated carbocycles. The topological polar surface area (TPSA) is 51.8 Å². The van der Waals surface area contributed by atoms with Crippen molar-refractivity contribution in [2.45, 2.75) is 12.8 Å². The predicted molar refractivity (Wildman–Crippen MR) is 184 cm³/mol. The number of furan rings is 1. The molecule has 4 nitrogen and oxygen atoms in total. The van der Waals surface area contributed by atoms with E-state index in [1.54, 1.807) is 0 Å². The average Bonchev–Trinajstić information content (AvgIpc) is 3.49. The monoisotopic (exact) mass is 577 g/mol. The van der Waals surface area contributed by atoms with Gasteiger partial charge in [-0.05, 0) is 70.1 Å². The first kappa shape index (κ1) is 25.6. The number of benzene rings is 6. The van der Waals surface area contributed by atoms with Gasteiger partial charge in [-0.1, -0.05) is 115 Å². The molecule has 212 valence electrons. The van der Waals surface area contributed by atoms with Crippen LogP contribution in [-0.4, -0.2) is 15.0 Å². The standard InChI is InChI=1S/C41H27N3O/c1-2-11-27(12-3-1)39-42-40(30-21-20-26-10-4-5-13-28(26)24-30)44-41(43-39)36-18-9-16-32-31(15-8-17-33(32)36)29-22-23-35-34-14-6-7-19-37(34)45-38(35)25-29/h1-3,5-9,11-25H,4,10H2. The molecule has 0 bridgehead atoms. The molecule has 0 unspecified atom stereocenters. The van der Waals surface area contributed by atoms with Crippen LogP contribution in [0.25, 0.3) is 84.1 Å². The number of rotatable bonds is 4. The maximum Gasteiger partial charge on any atom is 0.164 e. The number of nitrogens with zero attached hydrogens (tertiary/aromatic N) is 3. The van der Waals surface area contributed by atoms with Crippen LogP contribution >= 0.6 is 0 Å². The highest BCUT2D eigenvalue weighted by Crippen LogP contribution is 2.38. The zero-order valence-electron chi connectivity index (χ0n) is 24.4. The Morgan fingerprint density at radius 3 is 2.04 bits per heavy atom. The molecule has 1 aliphatic rings. The summed E-state index contributed by atoms with van der Waals surface area (Å²) < 4.78 is 6.23. The Bertz CT molecular complexity index is 2440. The summed E-state index contributed by atoms with van der Waals surface area (Å²) in [6.07, 6.45) is 6.58. The van der Waals surface area contributed by atoms with E-state index in [2.05, 4.69) is 97.1 Å². The van der Waals surface area contributed by atoms with Crippen LogP contribution in [0.1, 0.15) is 17.5 Å². The normalized spacial score (nSPS) is 12.6. The third kappa shape index (κ3) is 4.42. The average molecular weight is 578 g/mol. The molecule has 0 amide bonds. The van der Waals surface area contributed by atoms with Gasteiger partial charge in [0, 0.05) is 27.5 Å². The summed E-state index contributed by atoms with van der Waals surface area (Å²) in [5.41, 5.74) is 9.54. The largest absolute Gasteiger partial charge is 0.456 e. The fourth-order valence-corrected chi connectivity index (χ4v) is 6.56. The number of aromatic nitrogens is 3. The molecule has 45 heavy (non-hydrogen) atoms. The number of allylic oxidation sites excluding steroid dienone is 1. The van der Waals surface area contributed by atoms with E-state index in [0.29, 0.717) is 17.5 Å². The molecular formula is C41H27N3O. The molecule has 2 aromatic heterocycles. The van der Waals surface area contributed by atoms with Crippen LogP contribution in [0.5, 0.6) is 0 Å². The van der Waals surface area contributed by atoms with Gasteiger partial charge in [0.15, 0.2) is 17.5 Å². The third-order valence-corrected chi connectivity index (χ3v) is 8.80.